The number of hydrogen-bond donors (Lipinski definition) is 2. The molecule has 26 heavy (non-hydrogen) atoms. The molecule has 0 aromatic heterocycles. The molecule has 0 spiro atoms. The molecule has 1 amide bonds. The van der Waals surface area contributed by atoms with Gasteiger partial charge in [0.1, 0.15) is 0 Å². The van der Waals surface area contributed by atoms with Crippen LogP contribution in [-0.4, -0.2) is 38.3 Å². The summed E-state index contributed by atoms with van der Waals surface area (Å²) < 4.78 is 26.2. The fraction of sp³-hybridized carbons (Fsp3) is 0.278. The first-order valence-corrected chi connectivity index (χ1v) is 10.1. The molecule has 0 atom stereocenters. The molecule has 0 fully saturated rings. The first kappa shape index (κ1) is 20.2. The molecule has 8 heteroatoms. The number of rotatable bonds is 8. The van der Waals surface area contributed by atoms with Crippen molar-refractivity contribution in [1.29, 1.82) is 0 Å². The Labute approximate surface area is 159 Å². The van der Waals surface area contributed by atoms with Gasteiger partial charge in [-0.25, -0.2) is 8.42 Å². The molecule has 0 unspecified atom stereocenters. The Balaban J connectivity index is 1.97. The van der Waals surface area contributed by atoms with Gasteiger partial charge in [0.25, 0.3) is 0 Å². The predicted molar refractivity (Wildman–Crippen MR) is 105 cm³/mol. The fourth-order valence-corrected chi connectivity index (χ4v) is 4.06. The Bertz CT molecular complexity index is 850. The number of amides is 1. The van der Waals surface area contributed by atoms with E-state index in [1.807, 2.05) is 6.07 Å². The van der Waals surface area contributed by atoms with E-state index in [0.717, 1.165) is 5.69 Å². The van der Waals surface area contributed by atoms with Gasteiger partial charge in [-0.05, 0) is 42.5 Å². The highest BCUT2D eigenvalue weighted by Crippen LogP contribution is 2.18. The normalized spacial score (nSPS) is 11.4. The zero-order valence-electron chi connectivity index (χ0n) is 14.7. The van der Waals surface area contributed by atoms with Crippen LogP contribution in [0.25, 0.3) is 0 Å². The van der Waals surface area contributed by atoms with Crippen molar-refractivity contribution in [3.63, 3.8) is 0 Å². The quantitative estimate of drug-likeness (QED) is 0.717. The second kappa shape index (κ2) is 9.02. The molecule has 0 heterocycles. The number of carbonyl (C=O) groups is 1. The van der Waals surface area contributed by atoms with Gasteiger partial charge in [-0.1, -0.05) is 31.5 Å². The number of nitrogens with zero attached hydrogens (tertiary/aromatic N) is 1. The monoisotopic (exact) mass is 395 g/mol. The van der Waals surface area contributed by atoms with Gasteiger partial charge in [0, 0.05) is 29.5 Å². The van der Waals surface area contributed by atoms with E-state index in [-0.39, 0.29) is 17.3 Å². The molecular formula is C18H22ClN3O3S. The van der Waals surface area contributed by atoms with E-state index in [1.165, 1.54) is 16.4 Å². The van der Waals surface area contributed by atoms with Gasteiger partial charge >= 0.3 is 0 Å². The molecule has 0 aliphatic rings. The third kappa shape index (κ3) is 5.20. The predicted octanol–water partition coefficient (Wildman–Crippen LogP) is 3.42. The average Bonchev–Trinajstić information content (AvgIpc) is 2.61. The Morgan fingerprint density at radius 3 is 2.27 bits per heavy atom. The van der Waals surface area contributed by atoms with E-state index in [2.05, 4.69) is 10.6 Å². The van der Waals surface area contributed by atoms with Crippen molar-refractivity contribution in [3.05, 3.63) is 53.6 Å². The molecule has 2 aromatic carbocycles. The van der Waals surface area contributed by atoms with Gasteiger partial charge in [-0.3, -0.25) is 4.79 Å². The number of halogens is 1. The van der Waals surface area contributed by atoms with E-state index in [0.29, 0.717) is 23.8 Å². The Morgan fingerprint density at radius 1 is 1.04 bits per heavy atom. The largest absolute Gasteiger partial charge is 0.376 e. The fourth-order valence-electron chi connectivity index (χ4n) is 2.41. The average molecular weight is 396 g/mol. The van der Waals surface area contributed by atoms with Crippen LogP contribution in [0.4, 0.5) is 11.4 Å². The van der Waals surface area contributed by atoms with Gasteiger partial charge in [0.05, 0.1) is 11.4 Å². The molecular weight excluding hydrogens is 374 g/mol. The lowest BCUT2D eigenvalue weighted by Crippen LogP contribution is -2.30. The van der Waals surface area contributed by atoms with Crippen LogP contribution in [-0.2, 0) is 14.8 Å². The maximum atomic E-state index is 12.4. The highest BCUT2D eigenvalue weighted by atomic mass is 35.5. The van der Waals surface area contributed by atoms with Gasteiger partial charge < -0.3 is 10.6 Å². The van der Waals surface area contributed by atoms with Crippen molar-refractivity contribution in [2.24, 2.45) is 0 Å². The molecule has 6 nitrogen and oxygen atoms in total. The summed E-state index contributed by atoms with van der Waals surface area (Å²) in [6.45, 7) is 4.48. The summed E-state index contributed by atoms with van der Waals surface area (Å²) in [5.41, 5.74) is 1.27. The van der Waals surface area contributed by atoms with Gasteiger partial charge in [0.15, 0.2) is 0 Å². The number of hydrogen-bond acceptors (Lipinski definition) is 4. The molecule has 0 bridgehead atoms. The van der Waals surface area contributed by atoms with Crippen LogP contribution in [0.15, 0.2) is 53.4 Å². The van der Waals surface area contributed by atoms with Crippen molar-refractivity contribution in [3.8, 4) is 0 Å². The maximum absolute atomic E-state index is 12.4. The van der Waals surface area contributed by atoms with Crippen molar-refractivity contribution in [2.75, 3.05) is 30.3 Å². The summed E-state index contributed by atoms with van der Waals surface area (Å²) in [5.74, 6) is -0.246. The molecule has 0 saturated carbocycles. The van der Waals surface area contributed by atoms with Crippen LogP contribution in [0.3, 0.4) is 0 Å². The van der Waals surface area contributed by atoms with Crippen LogP contribution in [0.1, 0.15) is 13.8 Å². The minimum atomic E-state index is -3.50. The molecule has 0 aliphatic carbocycles. The number of anilines is 2. The van der Waals surface area contributed by atoms with Crippen LogP contribution >= 0.6 is 11.6 Å². The van der Waals surface area contributed by atoms with E-state index in [4.69, 9.17) is 11.6 Å². The second-order valence-corrected chi connectivity index (χ2v) is 7.90. The van der Waals surface area contributed by atoms with E-state index < -0.39 is 10.0 Å². The molecule has 2 rings (SSSR count). The maximum Gasteiger partial charge on any atom is 0.243 e. The summed E-state index contributed by atoms with van der Waals surface area (Å²) in [6, 6.07) is 13.2. The molecule has 2 N–H and O–H groups in total. The van der Waals surface area contributed by atoms with Crippen LogP contribution in [0.5, 0.6) is 0 Å². The Hall–Kier alpha value is -2.09. The first-order chi connectivity index (χ1) is 12.4. The molecule has 0 radical (unpaired) electrons. The third-order valence-corrected chi connectivity index (χ3v) is 6.06. The molecule has 140 valence electrons. The zero-order chi connectivity index (χ0) is 19.2. The Kier molecular flexibility index (Phi) is 7.02. The highest BCUT2D eigenvalue weighted by Gasteiger charge is 2.21. The number of nitrogens with one attached hydrogen (secondary N) is 2. The summed E-state index contributed by atoms with van der Waals surface area (Å²) in [6.07, 6.45) is 0. The minimum Gasteiger partial charge on any atom is -0.376 e. The van der Waals surface area contributed by atoms with Crippen molar-refractivity contribution < 1.29 is 13.2 Å². The zero-order valence-corrected chi connectivity index (χ0v) is 16.3. The van der Waals surface area contributed by atoms with Crippen LogP contribution in [0, 0.1) is 0 Å². The topological polar surface area (TPSA) is 78.5 Å². The lowest BCUT2D eigenvalue weighted by atomic mass is 10.3. The molecule has 0 aliphatic heterocycles. The summed E-state index contributed by atoms with van der Waals surface area (Å²) in [5, 5.41) is 6.28. The Morgan fingerprint density at radius 2 is 1.69 bits per heavy atom. The van der Waals surface area contributed by atoms with E-state index in [1.54, 1.807) is 44.2 Å². The van der Waals surface area contributed by atoms with Gasteiger partial charge in [-0.2, -0.15) is 4.31 Å². The van der Waals surface area contributed by atoms with Gasteiger partial charge in [0.2, 0.25) is 15.9 Å². The molecule has 0 saturated heterocycles. The van der Waals surface area contributed by atoms with Crippen molar-refractivity contribution >= 4 is 38.9 Å². The molecule has 2 aromatic rings. The third-order valence-electron chi connectivity index (χ3n) is 3.76. The summed E-state index contributed by atoms with van der Waals surface area (Å²) in [4.78, 5) is 12.2. The van der Waals surface area contributed by atoms with Gasteiger partial charge in [-0.15, -0.1) is 0 Å². The van der Waals surface area contributed by atoms with Crippen LogP contribution < -0.4 is 10.6 Å². The second-order valence-electron chi connectivity index (χ2n) is 5.53. The number of benzene rings is 2. The minimum absolute atomic E-state index is 0.0693. The first-order valence-electron chi connectivity index (χ1n) is 8.26. The lowest BCUT2D eigenvalue weighted by Gasteiger charge is -2.18. The number of carbonyl (C=O) groups excluding carboxylic acids is 1. The van der Waals surface area contributed by atoms with Crippen LogP contribution in [0.2, 0.25) is 5.02 Å². The van der Waals surface area contributed by atoms with E-state index in [9.17, 15) is 13.2 Å². The van der Waals surface area contributed by atoms with E-state index >= 15 is 0 Å². The standard InChI is InChI=1S/C18H22ClN3O3S/c1-3-22(4-2)26(24,25)17-10-8-15(9-11-17)21-18(23)13-20-16-7-5-6-14(19)12-16/h5-12,20H,3-4,13H2,1-2H3,(H,21,23). The summed E-state index contributed by atoms with van der Waals surface area (Å²) in [7, 11) is -3.50. The highest BCUT2D eigenvalue weighted by molar-refractivity contribution is 7.89. The summed E-state index contributed by atoms with van der Waals surface area (Å²) >= 11 is 5.89. The lowest BCUT2D eigenvalue weighted by molar-refractivity contribution is -0.114. The number of sulfonamides is 1. The van der Waals surface area contributed by atoms with Crippen molar-refractivity contribution in [1.82, 2.24) is 4.31 Å². The smallest absolute Gasteiger partial charge is 0.243 e. The van der Waals surface area contributed by atoms with Crippen molar-refractivity contribution in [2.45, 2.75) is 18.7 Å². The SMILES string of the molecule is CCN(CC)S(=O)(=O)c1ccc(NC(=O)CNc2cccc(Cl)c2)cc1.